The van der Waals surface area contributed by atoms with Crippen molar-refractivity contribution in [3.63, 3.8) is 0 Å². The molecule has 1 saturated heterocycles. The molecule has 0 radical (unpaired) electrons. The number of aromatic amines is 1. The van der Waals surface area contributed by atoms with E-state index in [1.807, 2.05) is 4.90 Å². The predicted molar refractivity (Wildman–Crippen MR) is 74.6 cm³/mol. The van der Waals surface area contributed by atoms with Gasteiger partial charge in [-0.3, -0.25) is 19.1 Å². The van der Waals surface area contributed by atoms with Crippen LogP contribution >= 0.6 is 12.6 Å². The molecule has 0 atom stereocenters. The Bertz CT molecular complexity index is 558. The van der Waals surface area contributed by atoms with Crippen molar-refractivity contribution < 1.29 is 4.79 Å². The van der Waals surface area contributed by atoms with Crippen molar-refractivity contribution in [2.75, 3.05) is 18.8 Å². The largest absolute Gasteiger partial charge is 0.343 e. The lowest BCUT2D eigenvalue weighted by Crippen LogP contribution is -2.41. The molecule has 0 spiro atoms. The van der Waals surface area contributed by atoms with Gasteiger partial charge in [-0.15, -0.1) is 0 Å². The number of carbonyl (C=O) groups excluding carboxylic acids is 1. The molecular weight excluding hydrogens is 266 g/mol. The first-order valence-corrected chi connectivity index (χ1v) is 6.95. The Morgan fingerprint density at radius 1 is 1.37 bits per heavy atom. The molecule has 1 aromatic heterocycles. The van der Waals surface area contributed by atoms with Gasteiger partial charge < -0.3 is 4.90 Å². The van der Waals surface area contributed by atoms with Gasteiger partial charge >= 0.3 is 5.69 Å². The van der Waals surface area contributed by atoms with Crippen molar-refractivity contribution in [1.82, 2.24) is 14.5 Å². The average molecular weight is 283 g/mol. The number of aromatic nitrogens is 2. The first kappa shape index (κ1) is 13.9. The van der Waals surface area contributed by atoms with E-state index in [1.54, 1.807) is 4.57 Å². The Hall–Kier alpha value is -1.50. The van der Waals surface area contributed by atoms with Crippen LogP contribution in [0.3, 0.4) is 0 Å². The van der Waals surface area contributed by atoms with Crippen LogP contribution in [0.25, 0.3) is 0 Å². The minimum atomic E-state index is -0.386. The molecular formula is C12H17N3O3S. The SMILES string of the molecule is O=C(CCS)N1CCC(n2ccc(=O)[nH]c2=O)CC1. The maximum Gasteiger partial charge on any atom is 0.328 e. The van der Waals surface area contributed by atoms with Gasteiger partial charge in [0.1, 0.15) is 0 Å². The third kappa shape index (κ3) is 3.28. The van der Waals surface area contributed by atoms with Gasteiger partial charge in [-0.05, 0) is 18.6 Å². The number of nitrogens with one attached hydrogen (secondary N) is 1. The van der Waals surface area contributed by atoms with Crippen LogP contribution in [0.15, 0.2) is 21.9 Å². The number of piperidine rings is 1. The van der Waals surface area contributed by atoms with E-state index >= 15 is 0 Å². The molecule has 7 heteroatoms. The Morgan fingerprint density at radius 2 is 2.05 bits per heavy atom. The third-order valence-electron chi connectivity index (χ3n) is 3.39. The molecule has 0 saturated carbocycles. The Morgan fingerprint density at radius 3 is 2.63 bits per heavy atom. The van der Waals surface area contributed by atoms with Crippen molar-refractivity contribution in [2.24, 2.45) is 0 Å². The van der Waals surface area contributed by atoms with Crippen molar-refractivity contribution in [3.8, 4) is 0 Å². The monoisotopic (exact) mass is 283 g/mol. The zero-order valence-electron chi connectivity index (χ0n) is 10.5. The van der Waals surface area contributed by atoms with Crippen molar-refractivity contribution in [3.05, 3.63) is 33.1 Å². The van der Waals surface area contributed by atoms with Gasteiger partial charge in [0.15, 0.2) is 0 Å². The Balaban J connectivity index is 2.02. The van der Waals surface area contributed by atoms with Gasteiger partial charge in [-0.1, -0.05) is 0 Å². The molecule has 0 aliphatic carbocycles. The summed E-state index contributed by atoms with van der Waals surface area (Å²) in [4.78, 5) is 38.5. The average Bonchev–Trinajstić information content (AvgIpc) is 2.39. The standard InChI is InChI=1S/C12H17N3O3S/c16-10-3-7-15(12(18)13-10)9-1-5-14(6-2-9)11(17)4-8-19/h3,7,9,19H,1-2,4-6,8H2,(H,13,16,18). The zero-order valence-corrected chi connectivity index (χ0v) is 11.4. The Kier molecular flexibility index (Phi) is 4.47. The molecule has 2 heterocycles. The maximum atomic E-state index is 11.7. The number of nitrogens with zero attached hydrogens (tertiary/aromatic N) is 2. The van der Waals surface area contributed by atoms with Crippen LogP contribution in [0.1, 0.15) is 25.3 Å². The maximum absolute atomic E-state index is 11.7. The van der Waals surface area contributed by atoms with Crippen LogP contribution in [0.2, 0.25) is 0 Å². The second-order valence-electron chi connectivity index (χ2n) is 4.60. The lowest BCUT2D eigenvalue weighted by atomic mass is 10.0. The summed E-state index contributed by atoms with van der Waals surface area (Å²) in [6.07, 6.45) is 3.43. The van der Waals surface area contributed by atoms with Crippen LogP contribution in [0, 0.1) is 0 Å². The summed E-state index contributed by atoms with van der Waals surface area (Å²) >= 11 is 4.05. The molecule has 1 N–H and O–H groups in total. The van der Waals surface area contributed by atoms with Crippen molar-refractivity contribution >= 4 is 18.5 Å². The van der Waals surface area contributed by atoms with E-state index in [1.165, 1.54) is 12.3 Å². The molecule has 0 unspecified atom stereocenters. The van der Waals surface area contributed by atoms with E-state index in [9.17, 15) is 14.4 Å². The zero-order chi connectivity index (χ0) is 13.8. The lowest BCUT2D eigenvalue weighted by molar-refractivity contribution is -0.132. The summed E-state index contributed by atoms with van der Waals surface area (Å²) in [5.41, 5.74) is -0.768. The smallest absolute Gasteiger partial charge is 0.328 e. The summed E-state index contributed by atoms with van der Waals surface area (Å²) in [5, 5.41) is 0. The topological polar surface area (TPSA) is 75.2 Å². The van der Waals surface area contributed by atoms with Crippen LogP contribution in [0.5, 0.6) is 0 Å². The summed E-state index contributed by atoms with van der Waals surface area (Å²) in [6, 6.07) is 1.39. The fourth-order valence-corrected chi connectivity index (χ4v) is 2.55. The second kappa shape index (κ2) is 6.10. The molecule has 0 aromatic carbocycles. The first-order valence-electron chi connectivity index (χ1n) is 6.32. The van der Waals surface area contributed by atoms with E-state index in [-0.39, 0.29) is 23.2 Å². The first-order chi connectivity index (χ1) is 9.11. The number of H-pyrrole nitrogens is 1. The number of hydrogen-bond acceptors (Lipinski definition) is 4. The molecule has 6 nitrogen and oxygen atoms in total. The van der Waals surface area contributed by atoms with Gasteiger partial charge in [-0.25, -0.2) is 4.79 Å². The fourth-order valence-electron chi connectivity index (χ4n) is 2.36. The lowest BCUT2D eigenvalue weighted by Gasteiger charge is -2.32. The molecule has 1 aliphatic rings. The van der Waals surface area contributed by atoms with Crippen molar-refractivity contribution in [2.45, 2.75) is 25.3 Å². The van der Waals surface area contributed by atoms with Gasteiger partial charge in [-0.2, -0.15) is 12.6 Å². The van der Waals surface area contributed by atoms with Gasteiger partial charge in [0.05, 0.1) is 0 Å². The normalized spacial score (nSPS) is 16.6. The van der Waals surface area contributed by atoms with Gasteiger partial charge in [0.25, 0.3) is 5.56 Å². The van der Waals surface area contributed by atoms with Crippen LogP contribution in [0.4, 0.5) is 0 Å². The highest BCUT2D eigenvalue weighted by Crippen LogP contribution is 2.20. The highest BCUT2D eigenvalue weighted by atomic mass is 32.1. The van der Waals surface area contributed by atoms with E-state index in [2.05, 4.69) is 17.6 Å². The van der Waals surface area contributed by atoms with E-state index in [4.69, 9.17) is 0 Å². The molecule has 1 aromatic rings. The van der Waals surface area contributed by atoms with Crippen LogP contribution in [-0.4, -0.2) is 39.2 Å². The fraction of sp³-hybridized carbons (Fsp3) is 0.583. The highest BCUT2D eigenvalue weighted by molar-refractivity contribution is 7.80. The predicted octanol–water partition coefficient (Wildman–Crippen LogP) is 0.0200. The minimum absolute atomic E-state index is 0.0457. The highest BCUT2D eigenvalue weighted by Gasteiger charge is 2.23. The Labute approximate surface area is 115 Å². The molecule has 1 aliphatic heterocycles. The number of likely N-dealkylation sites (tertiary alicyclic amines) is 1. The third-order valence-corrected chi connectivity index (χ3v) is 3.61. The molecule has 0 bridgehead atoms. The molecule has 19 heavy (non-hydrogen) atoms. The van der Waals surface area contributed by atoms with Crippen molar-refractivity contribution in [1.29, 1.82) is 0 Å². The minimum Gasteiger partial charge on any atom is -0.343 e. The quantitative estimate of drug-likeness (QED) is 0.768. The number of rotatable bonds is 3. The second-order valence-corrected chi connectivity index (χ2v) is 5.05. The molecule has 1 amide bonds. The summed E-state index contributed by atoms with van der Waals surface area (Å²) < 4.78 is 1.54. The summed E-state index contributed by atoms with van der Waals surface area (Å²) in [5.74, 6) is 0.667. The molecule has 104 valence electrons. The van der Waals surface area contributed by atoms with E-state index < -0.39 is 0 Å². The van der Waals surface area contributed by atoms with E-state index in [0.717, 1.165) is 12.8 Å². The van der Waals surface area contributed by atoms with Crippen LogP contribution in [-0.2, 0) is 4.79 Å². The van der Waals surface area contributed by atoms with Crippen LogP contribution < -0.4 is 11.2 Å². The molecule has 1 fully saturated rings. The van der Waals surface area contributed by atoms with Gasteiger partial charge in [0.2, 0.25) is 5.91 Å². The summed E-state index contributed by atoms with van der Waals surface area (Å²) in [6.45, 7) is 1.28. The molecule has 2 rings (SSSR count). The van der Waals surface area contributed by atoms with Gasteiger partial charge in [0, 0.05) is 37.8 Å². The number of amides is 1. The van der Waals surface area contributed by atoms with E-state index in [0.29, 0.717) is 25.3 Å². The number of thiol groups is 1. The summed E-state index contributed by atoms with van der Waals surface area (Å²) in [7, 11) is 0. The number of hydrogen-bond donors (Lipinski definition) is 2. The number of carbonyl (C=O) groups is 1.